The lowest BCUT2D eigenvalue weighted by Gasteiger charge is -2.09. The van der Waals surface area contributed by atoms with Crippen molar-refractivity contribution >= 4 is 17.7 Å². The minimum absolute atomic E-state index is 0.108. The summed E-state index contributed by atoms with van der Waals surface area (Å²) in [7, 11) is 0. The maximum Gasteiger partial charge on any atom is 0.312 e. The zero-order chi connectivity index (χ0) is 16.8. The van der Waals surface area contributed by atoms with Gasteiger partial charge in [0.25, 0.3) is 0 Å². The number of aromatic nitrogens is 3. The van der Waals surface area contributed by atoms with E-state index in [1.807, 2.05) is 6.92 Å². The Labute approximate surface area is 133 Å². The average molecular weight is 317 g/mol. The number of rotatable bonds is 7. The molecule has 2 rings (SSSR count). The summed E-state index contributed by atoms with van der Waals surface area (Å²) in [4.78, 5) is 31.2. The van der Waals surface area contributed by atoms with Gasteiger partial charge in [-0.1, -0.05) is 6.07 Å². The monoisotopic (exact) mass is 317 g/mol. The predicted molar refractivity (Wildman–Crippen MR) is 83.6 cm³/mol. The number of nitrogens with one attached hydrogen (secondary N) is 1. The van der Waals surface area contributed by atoms with Crippen LogP contribution in [0.5, 0.6) is 0 Å². The maximum atomic E-state index is 11.6. The summed E-state index contributed by atoms with van der Waals surface area (Å²) in [6.45, 7) is 2.48. The molecule has 0 aliphatic rings. The number of nitrogens with zero attached hydrogens (tertiary/aromatic N) is 3. The highest BCUT2D eigenvalue weighted by Gasteiger charge is 2.23. The van der Waals surface area contributed by atoms with Crippen molar-refractivity contribution in [1.29, 1.82) is 0 Å². The molecule has 0 saturated heterocycles. The Bertz CT molecular complexity index is 681. The Hall–Kier alpha value is -2.90. The van der Waals surface area contributed by atoms with Crippen molar-refractivity contribution in [2.24, 2.45) is 0 Å². The third-order valence-electron chi connectivity index (χ3n) is 3.30. The largest absolute Gasteiger partial charge is 0.481 e. The summed E-state index contributed by atoms with van der Waals surface area (Å²) in [5.74, 6) is -1.56. The first kappa shape index (κ1) is 16.5. The van der Waals surface area contributed by atoms with Crippen molar-refractivity contribution in [3.05, 3.63) is 42.1 Å². The summed E-state index contributed by atoms with van der Waals surface area (Å²) in [6.07, 6.45) is 4.85. The van der Waals surface area contributed by atoms with E-state index in [1.54, 1.807) is 29.1 Å². The molecule has 0 aromatic carbocycles. The number of carbonyl (C=O) groups is 2. The van der Waals surface area contributed by atoms with Crippen molar-refractivity contribution in [2.75, 3.05) is 12.3 Å². The highest BCUT2D eigenvalue weighted by molar-refractivity contribution is 5.76. The lowest BCUT2D eigenvalue weighted by Crippen LogP contribution is -2.26. The topological polar surface area (TPSA) is 123 Å². The van der Waals surface area contributed by atoms with Crippen molar-refractivity contribution < 1.29 is 14.7 Å². The van der Waals surface area contributed by atoms with Crippen molar-refractivity contribution in [1.82, 2.24) is 19.9 Å². The zero-order valence-electron chi connectivity index (χ0n) is 12.8. The standard InChI is InChI=1S/C15H19N5O3/c1-2-17-14(21)8-20-7-12(19-9-20)11(15(22)23)5-10-3-4-13(16)18-6-10/h3-4,6-7,9,11H,2,5,8H2,1H3,(H2,16,18)(H,17,21)(H,22,23). The summed E-state index contributed by atoms with van der Waals surface area (Å²) in [6, 6.07) is 3.37. The quantitative estimate of drug-likeness (QED) is 0.679. The number of likely N-dealkylation sites (N-methyl/N-ethyl adjacent to an activating group) is 1. The van der Waals surface area contributed by atoms with Crippen LogP contribution in [-0.2, 0) is 22.6 Å². The van der Waals surface area contributed by atoms with E-state index in [1.165, 1.54) is 6.33 Å². The lowest BCUT2D eigenvalue weighted by atomic mass is 9.98. The number of imidazole rings is 1. The van der Waals surface area contributed by atoms with Crippen LogP contribution in [0.4, 0.5) is 5.82 Å². The van der Waals surface area contributed by atoms with Gasteiger partial charge in [0.05, 0.1) is 12.0 Å². The SMILES string of the molecule is CCNC(=O)Cn1cnc(C(Cc2ccc(N)nc2)C(=O)O)c1. The zero-order valence-corrected chi connectivity index (χ0v) is 12.8. The third kappa shape index (κ3) is 4.53. The van der Waals surface area contributed by atoms with Crippen LogP contribution < -0.4 is 11.1 Å². The van der Waals surface area contributed by atoms with E-state index in [4.69, 9.17) is 5.73 Å². The van der Waals surface area contributed by atoms with Crippen LogP contribution in [0.15, 0.2) is 30.9 Å². The van der Waals surface area contributed by atoms with Gasteiger partial charge in [-0.25, -0.2) is 9.97 Å². The van der Waals surface area contributed by atoms with Gasteiger partial charge in [0, 0.05) is 18.9 Å². The highest BCUT2D eigenvalue weighted by atomic mass is 16.4. The minimum atomic E-state index is -0.981. The molecule has 2 aromatic rings. The number of hydrogen-bond donors (Lipinski definition) is 3. The van der Waals surface area contributed by atoms with E-state index in [-0.39, 0.29) is 18.9 Å². The first-order valence-electron chi connectivity index (χ1n) is 7.21. The summed E-state index contributed by atoms with van der Waals surface area (Å²) in [5, 5.41) is 12.1. The molecule has 4 N–H and O–H groups in total. The van der Waals surface area contributed by atoms with Gasteiger partial charge in [0.1, 0.15) is 18.3 Å². The number of aliphatic carboxylic acids is 1. The first-order valence-corrected chi connectivity index (χ1v) is 7.21. The van der Waals surface area contributed by atoms with E-state index in [0.717, 1.165) is 5.56 Å². The minimum Gasteiger partial charge on any atom is -0.481 e. The predicted octanol–water partition coefficient (Wildman–Crippen LogP) is 0.407. The second-order valence-corrected chi connectivity index (χ2v) is 5.11. The maximum absolute atomic E-state index is 11.6. The number of nitrogens with two attached hydrogens (primary N) is 1. The van der Waals surface area contributed by atoms with E-state index in [2.05, 4.69) is 15.3 Å². The Balaban J connectivity index is 2.12. The second-order valence-electron chi connectivity index (χ2n) is 5.11. The van der Waals surface area contributed by atoms with E-state index < -0.39 is 11.9 Å². The summed E-state index contributed by atoms with van der Waals surface area (Å²) >= 11 is 0. The van der Waals surface area contributed by atoms with Crippen LogP contribution >= 0.6 is 0 Å². The molecule has 0 aliphatic carbocycles. The van der Waals surface area contributed by atoms with Gasteiger partial charge < -0.3 is 20.7 Å². The van der Waals surface area contributed by atoms with Crippen LogP contribution in [0.2, 0.25) is 0 Å². The van der Waals surface area contributed by atoms with Gasteiger partial charge in [-0.3, -0.25) is 9.59 Å². The van der Waals surface area contributed by atoms with Crippen molar-refractivity contribution in [3.63, 3.8) is 0 Å². The van der Waals surface area contributed by atoms with Crippen molar-refractivity contribution in [2.45, 2.75) is 25.8 Å². The van der Waals surface area contributed by atoms with Gasteiger partial charge in [0.15, 0.2) is 0 Å². The molecular weight excluding hydrogens is 298 g/mol. The number of carboxylic acids is 1. The first-order chi connectivity index (χ1) is 11.0. The van der Waals surface area contributed by atoms with Crippen LogP contribution in [0.3, 0.4) is 0 Å². The van der Waals surface area contributed by atoms with Gasteiger partial charge in [0.2, 0.25) is 5.91 Å². The number of hydrogen-bond acceptors (Lipinski definition) is 5. The fourth-order valence-electron chi connectivity index (χ4n) is 2.17. The number of nitrogen functional groups attached to an aromatic ring is 1. The summed E-state index contributed by atoms with van der Waals surface area (Å²) < 4.78 is 1.57. The van der Waals surface area contributed by atoms with Gasteiger partial charge in [-0.15, -0.1) is 0 Å². The lowest BCUT2D eigenvalue weighted by molar-refractivity contribution is -0.138. The van der Waals surface area contributed by atoms with Gasteiger partial charge in [-0.05, 0) is 25.0 Å². The van der Waals surface area contributed by atoms with Crippen LogP contribution in [0.1, 0.15) is 24.1 Å². The molecule has 2 aromatic heterocycles. The smallest absolute Gasteiger partial charge is 0.312 e. The highest BCUT2D eigenvalue weighted by Crippen LogP contribution is 2.20. The molecule has 0 fully saturated rings. The Morgan fingerprint density at radius 1 is 1.39 bits per heavy atom. The van der Waals surface area contributed by atoms with E-state index in [9.17, 15) is 14.7 Å². The Kier molecular flexibility index (Phi) is 5.29. The molecule has 8 heteroatoms. The fraction of sp³-hybridized carbons (Fsp3) is 0.333. The molecule has 0 saturated carbocycles. The van der Waals surface area contributed by atoms with Gasteiger partial charge in [-0.2, -0.15) is 0 Å². The van der Waals surface area contributed by atoms with E-state index >= 15 is 0 Å². The molecule has 0 radical (unpaired) electrons. The molecule has 1 unspecified atom stereocenters. The molecule has 1 atom stereocenters. The van der Waals surface area contributed by atoms with Crippen molar-refractivity contribution in [3.8, 4) is 0 Å². The van der Waals surface area contributed by atoms with Crippen LogP contribution in [0, 0.1) is 0 Å². The molecule has 1 amide bonds. The normalized spacial score (nSPS) is 11.9. The average Bonchev–Trinajstić information content (AvgIpc) is 2.94. The number of carboxylic acid groups (broad SMARTS) is 1. The van der Waals surface area contributed by atoms with Crippen LogP contribution in [-0.4, -0.2) is 38.1 Å². The van der Waals surface area contributed by atoms with E-state index in [0.29, 0.717) is 18.1 Å². The summed E-state index contributed by atoms with van der Waals surface area (Å²) in [5.41, 5.74) is 6.68. The molecule has 122 valence electrons. The molecule has 8 nitrogen and oxygen atoms in total. The molecular formula is C15H19N5O3. The molecule has 0 aliphatic heterocycles. The number of pyridine rings is 1. The number of anilines is 1. The third-order valence-corrected chi connectivity index (χ3v) is 3.30. The number of amides is 1. The molecule has 0 spiro atoms. The Morgan fingerprint density at radius 2 is 2.17 bits per heavy atom. The molecule has 2 heterocycles. The fourth-order valence-corrected chi connectivity index (χ4v) is 2.17. The molecule has 23 heavy (non-hydrogen) atoms. The molecule has 0 bridgehead atoms. The van der Waals surface area contributed by atoms with Gasteiger partial charge >= 0.3 is 5.97 Å². The number of carbonyl (C=O) groups excluding carboxylic acids is 1. The van der Waals surface area contributed by atoms with Crippen LogP contribution in [0.25, 0.3) is 0 Å². The second kappa shape index (κ2) is 7.39. The Morgan fingerprint density at radius 3 is 2.78 bits per heavy atom.